The van der Waals surface area contributed by atoms with E-state index in [0.717, 1.165) is 17.7 Å². The molecular weight excluding hydrogens is 374 g/mol. The molecule has 0 aliphatic rings. The molecule has 0 unspecified atom stereocenters. The fraction of sp³-hybridized carbons (Fsp3) is 0.182. The molecule has 0 aliphatic carbocycles. The lowest BCUT2D eigenvalue weighted by Gasteiger charge is -2.07. The number of carbonyl (C=O) groups excluding carboxylic acids is 2. The average Bonchev–Trinajstić information content (AvgIpc) is 3.23. The topological polar surface area (TPSA) is 68.5 Å². The van der Waals surface area contributed by atoms with E-state index in [9.17, 15) is 9.59 Å². The number of carbonyl (C=O) groups is 2. The van der Waals surface area contributed by atoms with Crippen LogP contribution in [0.25, 0.3) is 11.1 Å². The third-order valence-electron chi connectivity index (χ3n) is 3.92. The number of ether oxygens (including phenoxy) is 1. The number of thioether (sulfide) groups is 1. The zero-order valence-corrected chi connectivity index (χ0v) is 16.1. The largest absolute Gasteiger partial charge is 0.457 e. The number of esters is 1. The van der Waals surface area contributed by atoms with Crippen LogP contribution in [-0.2, 0) is 9.53 Å². The Morgan fingerprint density at radius 1 is 0.964 bits per heavy atom. The van der Waals surface area contributed by atoms with E-state index in [1.54, 1.807) is 17.8 Å². The van der Waals surface area contributed by atoms with Gasteiger partial charge in [0, 0.05) is 17.0 Å². The Morgan fingerprint density at radius 2 is 1.68 bits per heavy atom. The van der Waals surface area contributed by atoms with Gasteiger partial charge in [-0.05, 0) is 35.9 Å². The van der Waals surface area contributed by atoms with Crippen LogP contribution in [0.5, 0.6) is 0 Å². The first-order valence-corrected chi connectivity index (χ1v) is 9.97. The molecule has 3 rings (SSSR count). The molecule has 1 N–H and O–H groups in total. The molecular formula is C22H21NO4S. The maximum atomic E-state index is 12.2. The third-order valence-corrected chi connectivity index (χ3v) is 5.02. The summed E-state index contributed by atoms with van der Waals surface area (Å²) >= 11 is 1.74. The minimum atomic E-state index is -0.654. The van der Waals surface area contributed by atoms with Crippen molar-refractivity contribution < 1.29 is 18.7 Å². The number of amides is 1. The van der Waals surface area contributed by atoms with E-state index in [1.165, 1.54) is 11.2 Å². The molecule has 0 aliphatic heterocycles. The van der Waals surface area contributed by atoms with Crippen LogP contribution in [0.3, 0.4) is 0 Å². The van der Waals surface area contributed by atoms with Gasteiger partial charge in [0.1, 0.15) is 0 Å². The Kier molecular flexibility index (Phi) is 7.32. The lowest BCUT2D eigenvalue weighted by atomic mass is 10.1. The van der Waals surface area contributed by atoms with E-state index in [4.69, 9.17) is 9.15 Å². The summed E-state index contributed by atoms with van der Waals surface area (Å²) < 4.78 is 10.3. The Hall–Kier alpha value is -2.99. The Labute approximate surface area is 168 Å². The number of hydrogen-bond acceptors (Lipinski definition) is 5. The second-order valence-corrected chi connectivity index (χ2v) is 7.14. The summed E-state index contributed by atoms with van der Waals surface area (Å²) in [5.74, 6) is 0.0134. The minimum Gasteiger partial charge on any atom is -0.457 e. The van der Waals surface area contributed by atoms with Gasteiger partial charge in [0.25, 0.3) is 5.91 Å². The van der Waals surface area contributed by atoms with Crippen LogP contribution in [0.4, 0.5) is 0 Å². The van der Waals surface area contributed by atoms with E-state index in [-0.39, 0.29) is 18.3 Å². The van der Waals surface area contributed by atoms with E-state index in [0.29, 0.717) is 12.1 Å². The SMILES string of the molecule is O=C(COC(=O)c1occc1-c1ccccc1)NCCCSc1ccccc1. The molecule has 28 heavy (non-hydrogen) atoms. The fourth-order valence-corrected chi connectivity index (χ4v) is 3.44. The first-order chi connectivity index (χ1) is 13.7. The van der Waals surface area contributed by atoms with Gasteiger partial charge in [-0.15, -0.1) is 11.8 Å². The Morgan fingerprint density at radius 3 is 2.43 bits per heavy atom. The smallest absolute Gasteiger partial charge is 0.375 e. The van der Waals surface area contributed by atoms with Gasteiger partial charge >= 0.3 is 5.97 Å². The summed E-state index contributed by atoms with van der Waals surface area (Å²) in [5, 5.41) is 2.76. The minimum absolute atomic E-state index is 0.0956. The van der Waals surface area contributed by atoms with Crippen LogP contribution >= 0.6 is 11.8 Å². The second kappa shape index (κ2) is 10.4. The molecule has 1 heterocycles. The number of furan rings is 1. The number of hydrogen-bond donors (Lipinski definition) is 1. The van der Waals surface area contributed by atoms with Gasteiger partial charge in [-0.2, -0.15) is 0 Å². The molecule has 2 aromatic carbocycles. The van der Waals surface area contributed by atoms with Gasteiger partial charge in [0.05, 0.1) is 6.26 Å². The van der Waals surface area contributed by atoms with Crippen LogP contribution in [0.2, 0.25) is 0 Å². The summed E-state index contributed by atoms with van der Waals surface area (Å²) in [6.07, 6.45) is 2.26. The number of nitrogens with one attached hydrogen (secondary N) is 1. The van der Waals surface area contributed by atoms with Crippen molar-refractivity contribution in [3.8, 4) is 11.1 Å². The molecule has 0 spiro atoms. The molecule has 0 bridgehead atoms. The predicted octanol–water partition coefficient (Wildman–Crippen LogP) is 4.40. The van der Waals surface area contributed by atoms with Crippen LogP contribution in [0.15, 0.2) is 82.3 Å². The van der Waals surface area contributed by atoms with Gasteiger partial charge in [0.15, 0.2) is 6.61 Å². The van der Waals surface area contributed by atoms with E-state index in [2.05, 4.69) is 17.4 Å². The Bertz CT molecular complexity index is 893. The zero-order valence-electron chi connectivity index (χ0n) is 15.3. The third kappa shape index (κ3) is 5.76. The highest BCUT2D eigenvalue weighted by molar-refractivity contribution is 7.99. The molecule has 144 valence electrons. The molecule has 0 radical (unpaired) electrons. The number of benzene rings is 2. The predicted molar refractivity (Wildman–Crippen MR) is 109 cm³/mol. The van der Waals surface area contributed by atoms with Gasteiger partial charge in [-0.1, -0.05) is 48.5 Å². The fourth-order valence-electron chi connectivity index (χ4n) is 2.57. The van der Waals surface area contributed by atoms with Crippen molar-refractivity contribution in [2.24, 2.45) is 0 Å². The summed E-state index contributed by atoms with van der Waals surface area (Å²) in [5.41, 5.74) is 1.49. The maximum absolute atomic E-state index is 12.2. The quantitative estimate of drug-likeness (QED) is 0.330. The van der Waals surface area contributed by atoms with E-state index >= 15 is 0 Å². The molecule has 1 aromatic heterocycles. The van der Waals surface area contributed by atoms with Gasteiger partial charge in [-0.3, -0.25) is 4.79 Å². The molecule has 1 amide bonds. The number of rotatable bonds is 9. The van der Waals surface area contributed by atoms with E-state index < -0.39 is 5.97 Å². The summed E-state index contributed by atoms with van der Waals surface area (Å²) in [4.78, 5) is 25.3. The highest BCUT2D eigenvalue weighted by Crippen LogP contribution is 2.25. The zero-order chi connectivity index (χ0) is 19.6. The molecule has 0 saturated heterocycles. The monoisotopic (exact) mass is 395 g/mol. The van der Waals surface area contributed by atoms with Crippen LogP contribution < -0.4 is 5.32 Å². The molecule has 5 nitrogen and oxygen atoms in total. The summed E-state index contributed by atoms with van der Waals surface area (Å²) in [6.45, 7) is 0.200. The summed E-state index contributed by atoms with van der Waals surface area (Å²) in [7, 11) is 0. The Balaban J connectivity index is 1.38. The second-order valence-electron chi connectivity index (χ2n) is 5.97. The van der Waals surface area contributed by atoms with Gasteiger partial charge in [0.2, 0.25) is 5.76 Å². The van der Waals surface area contributed by atoms with Crippen molar-refractivity contribution >= 4 is 23.6 Å². The first-order valence-electron chi connectivity index (χ1n) is 8.98. The molecule has 0 fully saturated rings. The first kappa shape index (κ1) is 19.8. The van der Waals surface area contributed by atoms with Crippen LogP contribution in [0, 0.1) is 0 Å². The standard InChI is InChI=1S/C22H21NO4S/c24-20(23-13-7-15-28-18-10-5-2-6-11-18)16-27-22(25)21-19(12-14-26-21)17-8-3-1-4-9-17/h1-6,8-12,14H,7,13,15-16H2,(H,23,24). The van der Waals surface area contributed by atoms with Crippen molar-refractivity contribution in [2.75, 3.05) is 18.9 Å². The van der Waals surface area contributed by atoms with Crippen molar-refractivity contribution in [3.05, 3.63) is 78.8 Å². The maximum Gasteiger partial charge on any atom is 0.375 e. The highest BCUT2D eigenvalue weighted by atomic mass is 32.2. The van der Waals surface area contributed by atoms with Crippen molar-refractivity contribution in [3.63, 3.8) is 0 Å². The normalized spacial score (nSPS) is 10.4. The molecule has 6 heteroatoms. The summed E-state index contributed by atoms with van der Waals surface area (Å²) in [6, 6.07) is 21.2. The molecule has 0 atom stereocenters. The highest BCUT2D eigenvalue weighted by Gasteiger charge is 2.19. The van der Waals surface area contributed by atoms with Crippen molar-refractivity contribution in [2.45, 2.75) is 11.3 Å². The average molecular weight is 395 g/mol. The molecule has 0 saturated carbocycles. The van der Waals surface area contributed by atoms with Gasteiger partial charge < -0.3 is 14.5 Å². The lowest BCUT2D eigenvalue weighted by Crippen LogP contribution is -2.29. The van der Waals surface area contributed by atoms with Crippen LogP contribution in [0.1, 0.15) is 17.0 Å². The van der Waals surface area contributed by atoms with E-state index in [1.807, 2.05) is 48.5 Å². The van der Waals surface area contributed by atoms with Crippen molar-refractivity contribution in [1.29, 1.82) is 0 Å². The lowest BCUT2D eigenvalue weighted by molar-refractivity contribution is -0.124. The van der Waals surface area contributed by atoms with Crippen molar-refractivity contribution in [1.82, 2.24) is 5.32 Å². The van der Waals surface area contributed by atoms with Gasteiger partial charge in [-0.25, -0.2) is 4.79 Å². The van der Waals surface area contributed by atoms with Crippen LogP contribution in [-0.4, -0.2) is 30.8 Å². The molecule has 3 aromatic rings.